The van der Waals surface area contributed by atoms with Crippen molar-refractivity contribution in [2.45, 2.75) is 13.8 Å². The zero-order valence-electron chi connectivity index (χ0n) is 13.1. The van der Waals surface area contributed by atoms with Gasteiger partial charge in [-0.25, -0.2) is 4.79 Å². The summed E-state index contributed by atoms with van der Waals surface area (Å²) in [5, 5.41) is 2.63. The smallest absolute Gasteiger partial charge is 0.330 e. The predicted molar refractivity (Wildman–Crippen MR) is 86.2 cm³/mol. The van der Waals surface area contributed by atoms with Crippen molar-refractivity contribution in [3.8, 4) is 5.75 Å². The zero-order chi connectivity index (χ0) is 17.2. The number of allylic oxidation sites excluding steroid dienone is 1. The molecule has 0 fully saturated rings. The van der Waals surface area contributed by atoms with Gasteiger partial charge in [0, 0.05) is 11.8 Å². The number of amides is 1. The van der Waals surface area contributed by atoms with Crippen molar-refractivity contribution >= 4 is 23.3 Å². The number of carbonyl (C=O) groups excluding carboxylic acids is 3. The lowest BCUT2D eigenvalue weighted by molar-refractivity contribution is -0.138. The number of nitrogens with one attached hydrogen (secondary N) is 1. The van der Waals surface area contributed by atoms with Crippen molar-refractivity contribution in [2.75, 3.05) is 18.5 Å². The van der Waals surface area contributed by atoms with E-state index in [2.05, 4.69) is 11.9 Å². The van der Waals surface area contributed by atoms with E-state index in [0.29, 0.717) is 11.4 Å². The summed E-state index contributed by atoms with van der Waals surface area (Å²) in [5.41, 5.74) is 0.649. The van der Waals surface area contributed by atoms with E-state index in [1.165, 1.54) is 13.0 Å². The van der Waals surface area contributed by atoms with Crippen molar-refractivity contribution in [1.82, 2.24) is 0 Å². The van der Waals surface area contributed by atoms with Crippen molar-refractivity contribution in [3.05, 3.63) is 48.6 Å². The van der Waals surface area contributed by atoms with Crippen molar-refractivity contribution in [3.63, 3.8) is 0 Å². The van der Waals surface area contributed by atoms with Gasteiger partial charge in [0.05, 0.1) is 5.57 Å². The van der Waals surface area contributed by atoms with Crippen LogP contribution < -0.4 is 10.1 Å². The highest BCUT2D eigenvalue weighted by molar-refractivity contribution is 6.22. The van der Waals surface area contributed by atoms with Crippen LogP contribution in [0.5, 0.6) is 5.75 Å². The third-order valence-electron chi connectivity index (χ3n) is 2.79. The number of hydrogen-bond donors (Lipinski definition) is 1. The van der Waals surface area contributed by atoms with Gasteiger partial charge in [-0.05, 0) is 38.1 Å². The molecule has 1 rings (SSSR count). The first kappa shape index (κ1) is 18.2. The summed E-state index contributed by atoms with van der Waals surface area (Å²) >= 11 is 0. The number of carbonyl (C=O) groups is 3. The lowest BCUT2D eigenvalue weighted by Crippen LogP contribution is -2.18. The number of Topliss-reactive ketones (excluding diaryl/α,β-unsaturated/α-hetero) is 1. The van der Waals surface area contributed by atoms with E-state index in [1.54, 1.807) is 31.2 Å². The second kappa shape index (κ2) is 9.19. The Morgan fingerprint density at radius 3 is 2.35 bits per heavy atom. The Kier molecular flexibility index (Phi) is 7.26. The molecule has 122 valence electrons. The monoisotopic (exact) mass is 317 g/mol. The molecule has 1 amide bonds. The van der Waals surface area contributed by atoms with Gasteiger partial charge in [0.2, 0.25) is 0 Å². The van der Waals surface area contributed by atoms with E-state index in [4.69, 9.17) is 9.47 Å². The fraction of sp³-hybridized carbons (Fsp3) is 0.235. The summed E-state index contributed by atoms with van der Waals surface area (Å²) < 4.78 is 10.2. The van der Waals surface area contributed by atoms with E-state index in [0.717, 1.165) is 6.08 Å². The molecule has 1 aromatic rings. The molecule has 1 N–H and O–H groups in total. The van der Waals surface area contributed by atoms with Gasteiger partial charge in [0.1, 0.15) is 19.0 Å². The summed E-state index contributed by atoms with van der Waals surface area (Å²) in [4.78, 5) is 34.0. The molecule has 0 saturated heterocycles. The van der Waals surface area contributed by atoms with Gasteiger partial charge < -0.3 is 14.8 Å². The SMILES string of the molecule is C=CC(=O)OCCOc1ccc(NC(=O)/C(=C\C)C(C)=O)cc1. The molecule has 1 aromatic carbocycles. The first-order valence-electron chi connectivity index (χ1n) is 6.98. The molecule has 0 bridgehead atoms. The first-order valence-corrected chi connectivity index (χ1v) is 6.98. The molecule has 0 aliphatic heterocycles. The maximum absolute atomic E-state index is 11.9. The van der Waals surface area contributed by atoms with Gasteiger partial charge in [-0.2, -0.15) is 0 Å². The topological polar surface area (TPSA) is 81.7 Å². The number of esters is 1. The first-order chi connectivity index (χ1) is 11.0. The van der Waals surface area contributed by atoms with E-state index in [-0.39, 0.29) is 24.6 Å². The summed E-state index contributed by atoms with van der Waals surface area (Å²) in [6, 6.07) is 6.62. The standard InChI is InChI=1S/C17H19NO5/c1-4-15(12(3)19)17(21)18-13-6-8-14(9-7-13)22-10-11-23-16(20)5-2/h4-9H,2,10-11H2,1,3H3,(H,18,21)/b15-4-. The minimum Gasteiger partial charge on any atom is -0.490 e. The van der Waals surface area contributed by atoms with Gasteiger partial charge in [-0.15, -0.1) is 0 Å². The lowest BCUT2D eigenvalue weighted by Gasteiger charge is -2.09. The maximum Gasteiger partial charge on any atom is 0.330 e. The van der Waals surface area contributed by atoms with Crippen LogP contribution in [0, 0.1) is 0 Å². The average Bonchev–Trinajstić information content (AvgIpc) is 2.53. The second-order valence-electron chi connectivity index (χ2n) is 4.46. The molecule has 6 heteroatoms. The molecule has 0 aromatic heterocycles. The van der Waals surface area contributed by atoms with Crippen LogP contribution in [0.4, 0.5) is 5.69 Å². The second-order valence-corrected chi connectivity index (χ2v) is 4.46. The highest BCUT2D eigenvalue weighted by Gasteiger charge is 2.13. The van der Waals surface area contributed by atoms with Crippen molar-refractivity contribution in [1.29, 1.82) is 0 Å². The lowest BCUT2D eigenvalue weighted by atomic mass is 10.1. The molecule has 0 atom stereocenters. The zero-order valence-corrected chi connectivity index (χ0v) is 13.1. The predicted octanol–water partition coefficient (Wildman–Crippen LogP) is 2.27. The molecule has 0 unspecified atom stereocenters. The minimum atomic E-state index is -0.503. The Balaban J connectivity index is 2.50. The van der Waals surface area contributed by atoms with Crippen LogP contribution in [0.2, 0.25) is 0 Å². The Hall–Kier alpha value is -2.89. The molecule has 0 aliphatic rings. The number of ether oxygens (including phenoxy) is 2. The average molecular weight is 317 g/mol. The molecular weight excluding hydrogens is 298 g/mol. The van der Waals surface area contributed by atoms with Crippen LogP contribution in [0.3, 0.4) is 0 Å². The van der Waals surface area contributed by atoms with Gasteiger partial charge in [-0.1, -0.05) is 12.7 Å². The number of benzene rings is 1. The fourth-order valence-corrected chi connectivity index (χ4v) is 1.69. The molecule has 0 saturated carbocycles. The van der Waals surface area contributed by atoms with Crippen LogP contribution in [-0.4, -0.2) is 30.9 Å². The molecule has 0 aliphatic carbocycles. The third kappa shape index (κ3) is 6.17. The summed E-state index contributed by atoms with van der Waals surface area (Å²) in [6.07, 6.45) is 2.55. The third-order valence-corrected chi connectivity index (χ3v) is 2.79. The summed E-state index contributed by atoms with van der Waals surface area (Å²) in [7, 11) is 0. The van der Waals surface area contributed by atoms with Crippen LogP contribution >= 0.6 is 0 Å². The fourth-order valence-electron chi connectivity index (χ4n) is 1.69. The maximum atomic E-state index is 11.9. The summed E-state index contributed by atoms with van der Waals surface area (Å²) in [6.45, 7) is 6.58. The van der Waals surface area contributed by atoms with Crippen molar-refractivity contribution < 1.29 is 23.9 Å². The Morgan fingerprint density at radius 1 is 1.17 bits per heavy atom. The normalized spacial score (nSPS) is 10.6. The van der Waals surface area contributed by atoms with Crippen LogP contribution in [0.1, 0.15) is 13.8 Å². The van der Waals surface area contributed by atoms with E-state index in [1.807, 2.05) is 0 Å². The van der Waals surface area contributed by atoms with Crippen LogP contribution in [0.25, 0.3) is 0 Å². The molecule has 23 heavy (non-hydrogen) atoms. The largest absolute Gasteiger partial charge is 0.490 e. The summed E-state index contributed by atoms with van der Waals surface area (Å²) in [5.74, 6) is -0.684. The van der Waals surface area contributed by atoms with E-state index in [9.17, 15) is 14.4 Å². The Labute approximate surface area is 134 Å². The molecular formula is C17H19NO5. The highest BCUT2D eigenvalue weighted by atomic mass is 16.6. The number of ketones is 1. The Bertz CT molecular complexity index is 616. The van der Waals surface area contributed by atoms with Gasteiger partial charge in [0.25, 0.3) is 5.91 Å². The van der Waals surface area contributed by atoms with E-state index >= 15 is 0 Å². The number of anilines is 1. The molecule has 0 spiro atoms. The minimum absolute atomic E-state index is 0.106. The van der Waals surface area contributed by atoms with E-state index < -0.39 is 11.9 Å². The number of hydrogen-bond acceptors (Lipinski definition) is 5. The highest BCUT2D eigenvalue weighted by Crippen LogP contribution is 2.16. The Morgan fingerprint density at radius 2 is 1.83 bits per heavy atom. The molecule has 0 radical (unpaired) electrons. The van der Waals surface area contributed by atoms with Crippen LogP contribution in [0.15, 0.2) is 48.6 Å². The number of rotatable bonds is 8. The molecule has 0 heterocycles. The van der Waals surface area contributed by atoms with Gasteiger partial charge in [-0.3, -0.25) is 9.59 Å². The van der Waals surface area contributed by atoms with Gasteiger partial charge in [0.15, 0.2) is 5.78 Å². The quantitative estimate of drug-likeness (QED) is 0.261. The van der Waals surface area contributed by atoms with Gasteiger partial charge >= 0.3 is 5.97 Å². The van der Waals surface area contributed by atoms with Crippen molar-refractivity contribution in [2.24, 2.45) is 0 Å². The van der Waals surface area contributed by atoms with Crippen LogP contribution in [-0.2, 0) is 19.1 Å². The molecule has 6 nitrogen and oxygen atoms in total.